The number of carbonyl (C=O) groups is 2. The number of nitrogens with one attached hydrogen (secondary N) is 2. The molecule has 1 aliphatic heterocycles. The zero-order valence-corrected chi connectivity index (χ0v) is 13.6. The molecule has 0 bridgehead atoms. The van der Waals surface area contributed by atoms with Gasteiger partial charge in [-0.2, -0.15) is 5.10 Å². The predicted octanol–water partition coefficient (Wildman–Crippen LogP) is 2.30. The van der Waals surface area contributed by atoms with Crippen LogP contribution < -0.4 is 5.32 Å². The standard InChI is InChI=1S/C15H24N4O3/c1-10-8-12(18-17-10)16-13(20)11-6-5-7-19(9-11)14(21)22-15(2,3)4/h8,11H,5-7,9H2,1-4H3,(H2,16,17,18,20). The molecule has 2 rings (SSSR count). The number of aromatic amines is 1. The van der Waals surface area contributed by atoms with Crippen LogP contribution in [0.4, 0.5) is 10.6 Å². The highest BCUT2D eigenvalue weighted by Gasteiger charge is 2.31. The molecule has 122 valence electrons. The van der Waals surface area contributed by atoms with Crippen molar-refractivity contribution in [2.75, 3.05) is 18.4 Å². The minimum Gasteiger partial charge on any atom is -0.444 e. The molecule has 1 fully saturated rings. The first-order chi connectivity index (χ1) is 10.2. The maximum atomic E-state index is 12.3. The van der Waals surface area contributed by atoms with E-state index >= 15 is 0 Å². The molecule has 2 heterocycles. The van der Waals surface area contributed by atoms with Crippen LogP contribution in [0.15, 0.2) is 6.07 Å². The van der Waals surface area contributed by atoms with Gasteiger partial charge in [-0.1, -0.05) is 0 Å². The van der Waals surface area contributed by atoms with Gasteiger partial charge in [0.15, 0.2) is 5.82 Å². The lowest BCUT2D eigenvalue weighted by molar-refractivity contribution is -0.121. The first kappa shape index (κ1) is 16.3. The average molecular weight is 308 g/mol. The molecule has 0 radical (unpaired) electrons. The molecule has 0 aliphatic carbocycles. The molecule has 0 aromatic carbocycles. The number of amides is 2. The summed E-state index contributed by atoms with van der Waals surface area (Å²) >= 11 is 0. The third-order valence-electron chi connectivity index (χ3n) is 3.40. The molecular weight excluding hydrogens is 284 g/mol. The van der Waals surface area contributed by atoms with Crippen LogP contribution >= 0.6 is 0 Å². The molecule has 2 amide bonds. The minimum absolute atomic E-state index is 0.111. The van der Waals surface area contributed by atoms with Crippen molar-refractivity contribution in [2.24, 2.45) is 5.92 Å². The van der Waals surface area contributed by atoms with E-state index in [1.807, 2.05) is 27.7 Å². The number of aryl methyl sites for hydroxylation is 1. The smallest absolute Gasteiger partial charge is 0.410 e. The fraction of sp³-hybridized carbons (Fsp3) is 0.667. The zero-order chi connectivity index (χ0) is 16.3. The van der Waals surface area contributed by atoms with Crippen LogP contribution in [0.5, 0.6) is 0 Å². The molecule has 1 aromatic heterocycles. The summed E-state index contributed by atoms with van der Waals surface area (Å²) in [6.45, 7) is 8.37. The molecule has 2 N–H and O–H groups in total. The van der Waals surface area contributed by atoms with Gasteiger partial charge in [-0.25, -0.2) is 4.79 Å². The predicted molar refractivity (Wildman–Crippen MR) is 82.5 cm³/mol. The first-order valence-electron chi connectivity index (χ1n) is 7.55. The lowest BCUT2D eigenvalue weighted by Crippen LogP contribution is -2.45. The summed E-state index contributed by atoms with van der Waals surface area (Å²) in [6, 6.07) is 1.77. The molecule has 22 heavy (non-hydrogen) atoms. The van der Waals surface area contributed by atoms with E-state index in [1.165, 1.54) is 0 Å². The Balaban J connectivity index is 1.92. The number of likely N-dealkylation sites (tertiary alicyclic amines) is 1. The molecule has 1 atom stereocenters. The van der Waals surface area contributed by atoms with E-state index < -0.39 is 5.60 Å². The van der Waals surface area contributed by atoms with Crippen LogP contribution in [0.25, 0.3) is 0 Å². The van der Waals surface area contributed by atoms with Gasteiger partial charge in [-0.3, -0.25) is 9.89 Å². The van der Waals surface area contributed by atoms with Gasteiger partial charge < -0.3 is 15.0 Å². The fourth-order valence-corrected chi connectivity index (χ4v) is 2.39. The number of hydrogen-bond donors (Lipinski definition) is 2. The molecule has 1 saturated heterocycles. The number of nitrogens with zero attached hydrogens (tertiary/aromatic N) is 2. The number of hydrogen-bond acceptors (Lipinski definition) is 4. The number of H-pyrrole nitrogens is 1. The normalized spacial score (nSPS) is 18.9. The van der Waals surface area contributed by atoms with Crippen molar-refractivity contribution in [1.29, 1.82) is 0 Å². The van der Waals surface area contributed by atoms with Crippen LogP contribution in [0, 0.1) is 12.8 Å². The van der Waals surface area contributed by atoms with Crippen molar-refractivity contribution in [1.82, 2.24) is 15.1 Å². The van der Waals surface area contributed by atoms with E-state index in [0.29, 0.717) is 18.9 Å². The second-order valence-electron chi connectivity index (χ2n) is 6.69. The Labute approximate surface area is 130 Å². The molecule has 0 spiro atoms. The van der Waals surface area contributed by atoms with E-state index in [-0.39, 0.29) is 17.9 Å². The van der Waals surface area contributed by atoms with Gasteiger partial charge in [0.1, 0.15) is 5.60 Å². The van der Waals surface area contributed by atoms with E-state index in [9.17, 15) is 9.59 Å². The van der Waals surface area contributed by atoms with Crippen molar-refractivity contribution < 1.29 is 14.3 Å². The molecule has 1 aromatic rings. The maximum Gasteiger partial charge on any atom is 0.410 e. The highest BCUT2D eigenvalue weighted by Crippen LogP contribution is 2.20. The Hall–Kier alpha value is -2.05. The number of ether oxygens (including phenoxy) is 1. The Morgan fingerprint density at radius 2 is 2.18 bits per heavy atom. The van der Waals surface area contributed by atoms with Crippen LogP contribution in [-0.4, -0.2) is 45.8 Å². The summed E-state index contributed by atoms with van der Waals surface area (Å²) in [6.07, 6.45) is 1.19. The SMILES string of the molecule is Cc1cc(NC(=O)C2CCCN(C(=O)OC(C)(C)C)C2)n[nH]1. The molecule has 1 aliphatic rings. The van der Waals surface area contributed by atoms with Gasteiger partial charge in [-0.05, 0) is 40.5 Å². The van der Waals surface area contributed by atoms with Gasteiger partial charge in [0, 0.05) is 24.8 Å². The van der Waals surface area contributed by atoms with E-state index in [2.05, 4.69) is 15.5 Å². The third kappa shape index (κ3) is 4.47. The Kier molecular flexibility index (Phi) is 4.73. The van der Waals surface area contributed by atoms with Crippen LogP contribution in [0.3, 0.4) is 0 Å². The van der Waals surface area contributed by atoms with E-state index in [4.69, 9.17) is 4.74 Å². The van der Waals surface area contributed by atoms with Crippen molar-refractivity contribution >= 4 is 17.8 Å². The third-order valence-corrected chi connectivity index (χ3v) is 3.40. The van der Waals surface area contributed by atoms with Crippen molar-refractivity contribution in [3.05, 3.63) is 11.8 Å². The minimum atomic E-state index is -0.529. The summed E-state index contributed by atoms with van der Waals surface area (Å²) < 4.78 is 5.36. The molecule has 7 nitrogen and oxygen atoms in total. The van der Waals surface area contributed by atoms with Crippen LogP contribution in [0.2, 0.25) is 0 Å². The maximum absolute atomic E-state index is 12.3. The number of anilines is 1. The first-order valence-corrected chi connectivity index (χ1v) is 7.55. The number of carbonyl (C=O) groups excluding carboxylic acids is 2. The molecular formula is C15H24N4O3. The topological polar surface area (TPSA) is 87.3 Å². The second kappa shape index (κ2) is 6.37. The summed E-state index contributed by atoms with van der Waals surface area (Å²) in [5.74, 6) is 0.162. The Morgan fingerprint density at radius 1 is 1.45 bits per heavy atom. The van der Waals surface area contributed by atoms with Crippen molar-refractivity contribution in [3.8, 4) is 0 Å². The summed E-state index contributed by atoms with van der Waals surface area (Å²) in [5.41, 5.74) is 0.355. The van der Waals surface area contributed by atoms with E-state index in [1.54, 1.807) is 11.0 Å². The number of rotatable bonds is 2. The highest BCUT2D eigenvalue weighted by atomic mass is 16.6. The van der Waals surface area contributed by atoms with Gasteiger partial charge in [-0.15, -0.1) is 0 Å². The summed E-state index contributed by atoms with van der Waals surface area (Å²) in [5, 5.41) is 9.55. The Bertz CT molecular complexity index is 547. The Morgan fingerprint density at radius 3 is 2.77 bits per heavy atom. The second-order valence-corrected chi connectivity index (χ2v) is 6.69. The van der Waals surface area contributed by atoms with E-state index in [0.717, 1.165) is 18.5 Å². The quantitative estimate of drug-likeness (QED) is 0.877. The highest BCUT2D eigenvalue weighted by molar-refractivity contribution is 5.92. The summed E-state index contributed by atoms with van der Waals surface area (Å²) in [7, 11) is 0. The van der Waals surface area contributed by atoms with Crippen molar-refractivity contribution in [2.45, 2.75) is 46.1 Å². The van der Waals surface area contributed by atoms with Gasteiger partial charge in [0.05, 0.1) is 5.92 Å². The van der Waals surface area contributed by atoms with Gasteiger partial charge in [0.25, 0.3) is 0 Å². The summed E-state index contributed by atoms with van der Waals surface area (Å²) in [4.78, 5) is 26.0. The lowest BCUT2D eigenvalue weighted by Gasteiger charge is -2.33. The average Bonchev–Trinajstić information content (AvgIpc) is 2.82. The van der Waals surface area contributed by atoms with Gasteiger partial charge >= 0.3 is 6.09 Å². The van der Waals surface area contributed by atoms with Gasteiger partial charge in [0.2, 0.25) is 5.91 Å². The molecule has 1 unspecified atom stereocenters. The zero-order valence-electron chi connectivity index (χ0n) is 13.6. The van der Waals surface area contributed by atoms with Crippen molar-refractivity contribution in [3.63, 3.8) is 0 Å². The largest absolute Gasteiger partial charge is 0.444 e. The monoisotopic (exact) mass is 308 g/mol. The number of aromatic nitrogens is 2. The molecule has 7 heteroatoms. The van der Waals surface area contributed by atoms with Crippen LogP contribution in [0.1, 0.15) is 39.3 Å². The molecule has 0 saturated carbocycles. The lowest BCUT2D eigenvalue weighted by atomic mass is 9.97. The number of piperidine rings is 1. The van der Waals surface area contributed by atoms with Crippen LogP contribution in [-0.2, 0) is 9.53 Å². The fourth-order valence-electron chi connectivity index (χ4n) is 2.39.